The largest absolute Gasteiger partial charge is 0.496 e. The standard InChI is InChI=1S/C16H17BrO5/c1-11(2)16(19)22-9-8-21-15(18)7-4-12-10-13(17)5-6-14(12)20-3/h4-7,10H,1,8-9H2,2-3H3/b7-4+. The van der Waals surface area contributed by atoms with Gasteiger partial charge in [0.15, 0.2) is 0 Å². The Kier molecular flexibility index (Phi) is 7.39. The first-order valence-corrected chi connectivity index (χ1v) is 7.24. The molecule has 6 heteroatoms. The normalized spacial score (nSPS) is 10.3. The van der Waals surface area contributed by atoms with E-state index in [1.165, 1.54) is 6.08 Å². The van der Waals surface area contributed by atoms with Crippen LogP contribution in [0.4, 0.5) is 0 Å². The summed E-state index contributed by atoms with van der Waals surface area (Å²) in [4.78, 5) is 22.7. The van der Waals surface area contributed by atoms with E-state index in [-0.39, 0.29) is 13.2 Å². The van der Waals surface area contributed by atoms with E-state index in [9.17, 15) is 9.59 Å². The molecule has 0 unspecified atom stereocenters. The molecule has 1 rings (SSSR count). The molecule has 0 bridgehead atoms. The maximum absolute atomic E-state index is 11.6. The second-order valence-electron chi connectivity index (χ2n) is 4.30. The van der Waals surface area contributed by atoms with Gasteiger partial charge in [-0.2, -0.15) is 0 Å². The summed E-state index contributed by atoms with van der Waals surface area (Å²) in [5, 5.41) is 0. The van der Waals surface area contributed by atoms with Crippen molar-refractivity contribution in [3.63, 3.8) is 0 Å². The molecule has 0 spiro atoms. The highest BCUT2D eigenvalue weighted by atomic mass is 79.9. The van der Waals surface area contributed by atoms with Crippen molar-refractivity contribution in [2.45, 2.75) is 6.92 Å². The summed E-state index contributed by atoms with van der Waals surface area (Å²) < 4.78 is 15.8. The molecule has 0 N–H and O–H groups in total. The molecule has 0 radical (unpaired) electrons. The Bertz CT molecular complexity index is 592. The minimum absolute atomic E-state index is 0.00845. The number of halogens is 1. The summed E-state index contributed by atoms with van der Waals surface area (Å²) in [6, 6.07) is 5.44. The number of carbonyl (C=O) groups excluding carboxylic acids is 2. The molecular weight excluding hydrogens is 352 g/mol. The van der Waals surface area contributed by atoms with Crippen LogP contribution in [-0.2, 0) is 19.1 Å². The van der Waals surface area contributed by atoms with Crippen molar-refractivity contribution < 1.29 is 23.8 Å². The maximum atomic E-state index is 11.6. The molecule has 0 aromatic heterocycles. The average molecular weight is 369 g/mol. The highest BCUT2D eigenvalue weighted by molar-refractivity contribution is 9.10. The van der Waals surface area contributed by atoms with Gasteiger partial charge in [0.1, 0.15) is 19.0 Å². The van der Waals surface area contributed by atoms with Gasteiger partial charge in [-0.15, -0.1) is 0 Å². The zero-order chi connectivity index (χ0) is 16.5. The first kappa shape index (κ1) is 18.0. The summed E-state index contributed by atoms with van der Waals surface area (Å²) in [7, 11) is 1.55. The van der Waals surface area contributed by atoms with Crippen molar-refractivity contribution in [1.82, 2.24) is 0 Å². The topological polar surface area (TPSA) is 61.8 Å². The zero-order valence-electron chi connectivity index (χ0n) is 12.4. The predicted octanol–water partition coefficient (Wildman–Crippen LogP) is 3.13. The van der Waals surface area contributed by atoms with Gasteiger partial charge in [0.25, 0.3) is 0 Å². The van der Waals surface area contributed by atoms with Crippen molar-refractivity contribution in [2.75, 3.05) is 20.3 Å². The molecule has 0 amide bonds. The second-order valence-corrected chi connectivity index (χ2v) is 5.22. The molecule has 1 aromatic carbocycles. The first-order valence-electron chi connectivity index (χ1n) is 6.45. The summed E-state index contributed by atoms with van der Waals surface area (Å²) in [5.41, 5.74) is 1.04. The minimum Gasteiger partial charge on any atom is -0.496 e. The summed E-state index contributed by atoms with van der Waals surface area (Å²) in [6.45, 7) is 4.97. The van der Waals surface area contributed by atoms with Crippen LogP contribution in [0.5, 0.6) is 5.75 Å². The Morgan fingerprint density at radius 1 is 1.27 bits per heavy atom. The smallest absolute Gasteiger partial charge is 0.333 e. The van der Waals surface area contributed by atoms with Crippen molar-refractivity contribution in [2.24, 2.45) is 0 Å². The van der Waals surface area contributed by atoms with Crippen molar-refractivity contribution in [3.8, 4) is 5.75 Å². The average Bonchev–Trinajstić information content (AvgIpc) is 2.49. The first-order chi connectivity index (χ1) is 10.4. The number of carbonyl (C=O) groups is 2. The van der Waals surface area contributed by atoms with E-state index in [2.05, 4.69) is 22.5 Å². The van der Waals surface area contributed by atoms with Gasteiger partial charge in [-0.25, -0.2) is 9.59 Å². The molecule has 22 heavy (non-hydrogen) atoms. The van der Waals surface area contributed by atoms with E-state index in [0.29, 0.717) is 11.3 Å². The molecule has 0 atom stereocenters. The molecule has 0 heterocycles. The van der Waals surface area contributed by atoms with Gasteiger partial charge in [-0.3, -0.25) is 0 Å². The summed E-state index contributed by atoms with van der Waals surface area (Å²) in [6.07, 6.45) is 2.87. The van der Waals surface area contributed by atoms with E-state index < -0.39 is 11.9 Å². The number of methoxy groups -OCH3 is 1. The minimum atomic E-state index is -0.534. The lowest BCUT2D eigenvalue weighted by molar-refractivity contribution is -0.146. The molecular formula is C16H17BrO5. The number of ether oxygens (including phenoxy) is 3. The van der Waals surface area contributed by atoms with Crippen molar-refractivity contribution in [1.29, 1.82) is 0 Å². The van der Waals surface area contributed by atoms with E-state index in [4.69, 9.17) is 14.2 Å². The highest BCUT2D eigenvalue weighted by Crippen LogP contribution is 2.24. The Hall–Kier alpha value is -2.08. The molecule has 118 valence electrons. The van der Waals surface area contributed by atoms with Gasteiger partial charge in [-0.05, 0) is 31.2 Å². The van der Waals surface area contributed by atoms with Gasteiger partial charge >= 0.3 is 11.9 Å². The van der Waals surface area contributed by atoms with Gasteiger partial charge in [-0.1, -0.05) is 22.5 Å². The number of esters is 2. The highest BCUT2D eigenvalue weighted by Gasteiger charge is 2.04. The van der Waals surface area contributed by atoms with Crippen LogP contribution in [0.25, 0.3) is 6.08 Å². The molecule has 0 aliphatic rings. The van der Waals surface area contributed by atoms with E-state index in [1.807, 2.05) is 12.1 Å². The molecule has 0 aliphatic carbocycles. The molecule has 0 saturated carbocycles. The fourth-order valence-electron chi connectivity index (χ4n) is 1.44. The third kappa shape index (κ3) is 6.13. The SMILES string of the molecule is C=C(C)C(=O)OCCOC(=O)/C=C/c1cc(Br)ccc1OC. The van der Waals surface area contributed by atoms with E-state index >= 15 is 0 Å². The zero-order valence-corrected chi connectivity index (χ0v) is 14.0. The number of hydrogen-bond acceptors (Lipinski definition) is 5. The van der Waals surface area contributed by atoms with Crippen molar-refractivity contribution >= 4 is 33.9 Å². The Morgan fingerprint density at radius 3 is 2.59 bits per heavy atom. The van der Waals surface area contributed by atoms with E-state index in [1.54, 1.807) is 26.2 Å². The summed E-state index contributed by atoms with van der Waals surface area (Å²) >= 11 is 3.35. The fourth-order valence-corrected chi connectivity index (χ4v) is 1.82. The number of benzene rings is 1. The Morgan fingerprint density at radius 2 is 1.95 bits per heavy atom. The van der Waals surface area contributed by atoms with Gasteiger partial charge in [0.05, 0.1) is 7.11 Å². The lowest BCUT2D eigenvalue weighted by atomic mass is 10.2. The molecule has 5 nitrogen and oxygen atoms in total. The molecule has 0 fully saturated rings. The fraction of sp³-hybridized carbons (Fsp3) is 0.250. The second kappa shape index (κ2) is 9.04. The van der Waals surface area contributed by atoms with Crippen LogP contribution in [0.15, 0.2) is 40.9 Å². The van der Waals surface area contributed by atoms with Gasteiger partial charge in [0, 0.05) is 21.7 Å². The molecule has 0 aliphatic heterocycles. The lowest BCUT2D eigenvalue weighted by Crippen LogP contribution is -2.12. The van der Waals surface area contributed by atoms with Crippen LogP contribution in [-0.4, -0.2) is 32.3 Å². The van der Waals surface area contributed by atoms with Gasteiger partial charge < -0.3 is 14.2 Å². The van der Waals surface area contributed by atoms with Crippen LogP contribution in [0.3, 0.4) is 0 Å². The molecule has 0 saturated heterocycles. The Labute approximate surface area is 137 Å². The number of rotatable bonds is 7. The lowest BCUT2D eigenvalue weighted by Gasteiger charge is -2.06. The maximum Gasteiger partial charge on any atom is 0.333 e. The van der Waals surface area contributed by atoms with E-state index in [0.717, 1.165) is 10.0 Å². The van der Waals surface area contributed by atoms with Crippen molar-refractivity contribution in [3.05, 3.63) is 46.5 Å². The monoisotopic (exact) mass is 368 g/mol. The summed E-state index contributed by atoms with van der Waals surface area (Å²) in [5.74, 6) is -0.401. The number of hydrogen-bond donors (Lipinski definition) is 0. The van der Waals surface area contributed by atoms with Crippen LogP contribution >= 0.6 is 15.9 Å². The van der Waals surface area contributed by atoms with Crippen LogP contribution in [0.1, 0.15) is 12.5 Å². The quantitative estimate of drug-likeness (QED) is 0.420. The third-order valence-electron chi connectivity index (χ3n) is 2.50. The van der Waals surface area contributed by atoms with Gasteiger partial charge in [0.2, 0.25) is 0 Å². The van der Waals surface area contributed by atoms with Crippen LogP contribution < -0.4 is 4.74 Å². The van der Waals surface area contributed by atoms with Crippen LogP contribution in [0.2, 0.25) is 0 Å². The Balaban J connectivity index is 2.46. The predicted molar refractivity (Wildman–Crippen MR) is 86.5 cm³/mol. The third-order valence-corrected chi connectivity index (χ3v) is 2.99. The molecule has 1 aromatic rings. The van der Waals surface area contributed by atoms with Crippen LogP contribution in [0, 0.1) is 0 Å².